The second kappa shape index (κ2) is 8.67. The molecule has 4 rings (SSSR count). The highest BCUT2D eigenvalue weighted by Gasteiger charge is 2.32. The third kappa shape index (κ3) is 3.66. The number of benzene rings is 1. The summed E-state index contributed by atoms with van der Waals surface area (Å²) in [7, 11) is 0. The topological polar surface area (TPSA) is 95.4 Å². The molecule has 0 bridgehead atoms. The Hall–Kier alpha value is -2.55. The quantitative estimate of drug-likeness (QED) is 0.584. The Morgan fingerprint density at radius 3 is 2.77 bits per heavy atom. The van der Waals surface area contributed by atoms with Crippen LogP contribution in [0.25, 0.3) is 5.00 Å². The number of thiophene rings is 1. The number of halogens is 1. The van der Waals surface area contributed by atoms with Gasteiger partial charge in [-0.25, -0.2) is 0 Å². The molecule has 3 aromatic rings. The van der Waals surface area contributed by atoms with Gasteiger partial charge in [0, 0.05) is 21.0 Å². The molecular weight excluding hydrogens is 422 g/mol. The van der Waals surface area contributed by atoms with E-state index < -0.39 is 6.04 Å². The first-order valence-corrected chi connectivity index (χ1v) is 11.0. The van der Waals surface area contributed by atoms with Gasteiger partial charge in [0.2, 0.25) is 0 Å². The summed E-state index contributed by atoms with van der Waals surface area (Å²) < 4.78 is 7.12. The van der Waals surface area contributed by atoms with Crippen LogP contribution in [0.15, 0.2) is 35.3 Å². The van der Waals surface area contributed by atoms with E-state index in [-0.39, 0.29) is 18.9 Å². The Morgan fingerprint density at radius 1 is 1.27 bits per heavy atom. The SMILES string of the molecule is CCOC(=O)CC1N=C(c2ccccc2Cl)c2cc(CC)sc2-n2c(CN)nnc21. The highest BCUT2D eigenvalue weighted by atomic mass is 35.5. The minimum atomic E-state index is -0.562. The van der Waals surface area contributed by atoms with E-state index in [0.717, 1.165) is 28.3 Å². The number of nitrogens with zero attached hydrogens (tertiary/aromatic N) is 4. The van der Waals surface area contributed by atoms with Crippen molar-refractivity contribution >= 4 is 34.6 Å². The van der Waals surface area contributed by atoms with Crippen molar-refractivity contribution < 1.29 is 9.53 Å². The molecule has 0 aliphatic carbocycles. The molecule has 3 heterocycles. The number of aliphatic imine (C=N–C) groups is 1. The van der Waals surface area contributed by atoms with Gasteiger partial charge in [0.15, 0.2) is 11.6 Å². The summed E-state index contributed by atoms with van der Waals surface area (Å²) in [6, 6.07) is 9.14. The van der Waals surface area contributed by atoms with E-state index in [9.17, 15) is 4.79 Å². The lowest BCUT2D eigenvalue weighted by Crippen LogP contribution is -2.14. The first kappa shape index (κ1) is 20.7. The number of hydrogen-bond acceptors (Lipinski definition) is 7. The van der Waals surface area contributed by atoms with E-state index in [1.54, 1.807) is 18.3 Å². The Morgan fingerprint density at radius 2 is 2.07 bits per heavy atom. The Labute approximate surface area is 183 Å². The van der Waals surface area contributed by atoms with Gasteiger partial charge in [0.1, 0.15) is 11.0 Å². The molecule has 2 N–H and O–H groups in total. The molecular formula is C21H22ClN5O2S. The number of rotatable bonds is 6. The summed E-state index contributed by atoms with van der Waals surface area (Å²) in [6.07, 6.45) is 0.940. The predicted octanol–water partition coefficient (Wildman–Crippen LogP) is 3.85. The molecule has 1 aliphatic rings. The molecule has 1 aromatic carbocycles. The van der Waals surface area contributed by atoms with Crippen molar-refractivity contribution in [3.05, 3.63) is 63.0 Å². The second-order valence-corrected chi connectivity index (χ2v) is 8.30. The number of carbonyl (C=O) groups is 1. The first-order valence-electron chi connectivity index (χ1n) is 9.83. The number of ether oxygens (including phenoxy) is 1. The number of esters is 1. The van der Waals surface area contributed by atoms with E-state index in [1.165, 1.54) is 4.88 Å². The minimum absolute atomic E-state index is 0.0556. The molecule has 0 radical (unpaired) electrons. The summed E-state index contributed by atoms with van der Waals surface area (Å²) in [4.78, 5) is 18.5. The van der Waals surface area contributed by atoms with Gasteiger partial charge in [-0.3, -0.25) is 14.4 Å². The zero-order valence-electron chi connectivity index (χ0n) is 16.8. The maximum atomic E-state index is 12.3. The first-order chi connectivity index (χ1) is 14.6. The number of aromatic nitrogens is 3. The van der Waals surface area contributed by atoms with Crippen LogP contribution in [0.3, 0.4) is 0 Å². The van der Waals surface area contributed by atoms with Crippen LogP contribution in [-0.4, -0.2) is 33.1 Å². The third-order valence-corrected chi connectivity index (χ3v) is 6.48. The molecule has 0 saturated carbocycles. The smallest absolute Gasteiger partial charge is 0.308 e. The van der Waals surface area contributed by atoms with Crippen molar-refractivity contribution in [1.29, 1.82) is 0 Å². The van der Waals surface area contributed by atoms with E-state index in [2.05, 4.69) is 23.2 Å². The lowest BCUT2D eigenvalue weighted by atomic mass is 10.0. The molecule has 9 heteroatoms. The van der Waals surface area contributed by atoms with Gasteiger partial charge >= 0.3 is 5.97 Å². The molecule has 7 nitrogen and oxygen atoms in total. The molecule has 156 valence electrons. The van der Waals surface area contributed by atoms with E-state index in [4.69, 9.17) is 27.1 Å². The number of fused-ring (bicyclic) bond motifs is 3. The van der Waals surface area contributed by atoms with Crippen LogP contribution in [-0.2, 0) is 22.5 Å². The number of hydrogen-bond donors (Lipinski definition) is 1. The lowest BCUT2D eigenvalue weighted by Gasteiger charge is -2.12. The van der Waals surface area contributed by atoms with Crippen molar-refractivity contribution in [3.8, 4) is 5.00 Å². The Kier molecular flexibility index (Phi) is 5.99. The lowest BCUT2D eigenvalue weighted by molar-refractivity contribution is -0.143. The van der Waals surface area contributed by atoms with Gasteiger partial charge in [-0.2, -0.15) is 0 Å². The third-order valence-electron chi connectivity index (χ3n) is 4.89. The van der Waals surface area contributed by atoms with Crippen LogP contribution in [0, 0.1) is 0 Å². The maximum absolute atomic E-state index is 12.3. The molecule has 0 saturated heterocycles. The summed E-state index contributed by atoms with van der Waals surface area (Å²) in [5.74, 6) is 0.865. The molecule has 1 atom stereocenters. The number of nitrogens with two attached hydrogens (primary N) is 1. The zero-order valence-corrected chi connectivity index (χ0v) is 18.3. The van der Waals surface area contributed by atoms with Crippen LogP contribution in [0.5, 0.6) is 0 Å². The molecule has 30 heavy (non-hydrogen) atoms. The van der Waals surface area contributed by atoms with Crippen molar-refractivity contribution in [3.63, 3.8) is 0 Å². The van der Waals surface area contributed by atoms with E-state index in [0.29, 0.717) is 23.3 Å². The Balaban J connectivity index is 1.97. The zero-order chi connectivity index (χ0) is 21.3. The average molecular weight is 444 g/mol. The maximum Gasteiger partial charge on any atom is 0.308 e. The largest absolute Gasteiger partial charge is 0.466 e. The average Bonchev–Trinajstić information content (AvgIpc) is 3.33. The van der Waals surface area contributed by atoms with E-state index in [1.807, 2.05) is 28.8 Å². The van der Waals surface area contributed by atoms with Crippen LogP contribution in [0.4, 0.5) is 0 Å². The summed E-state index contributed by atoms with van der Waals surface area (Å²) >= 11 is 8.19. The van der Waals surface area contributed by atoms with Crippen LogP contribution in [0.2, 0.25) is 5.02 Å². The summed E-state index contributed by atoms with van der Waals surface area (Å²) in [5.41, 5.74) is 8.44. The highest BCUT2D eigenvalue weighted by molar-refractivity contribution is 7.15. The van der Waals surface area contributed by atoms with E-state index >= 15 is 0 Å². The van der Waals surface area contributed by atoms with Gasteiger partial charge < -0.3 is 10.5 Å². The molecule has 2 aromatic heterocycles. The van der Waals surface area contributed by atoms with Gasteiger partial charge in [-0.05, 0) is 25.5 Å². The highest BCUT2D eigenvalue weighted by Crippen LogP contribution is 2.38. The fraction of sp³-hybridized carbons (Fsp3) is 0.333. The van der Waals surface area contributed by atoms with Crippen molar-refractivity contribution in [2.45, 2.75) is 39.3 Å². The molecule has 1 aliphatic heterocycles. The molecule has 0 spiro atoms. The van der Waals surface area contributed by atoms with Gasteiger partial charge in [0.25, 0.3) is 0 Å². The van der Waals surface area contributed by atoms with Crippen LogP contribution < -0.4 is 5.73 Å². The van der Waals surface area contributed by atoms with Crippen molar-refractivity contribution in [1.82, 2.24) is 14.8 Å². The summed E-state index contributed by atoms with van der Waals surface area (Å²) in [6.45, 7) is 4.42. The fourth-order valence-corrected chi connectivity index (χ4v) is 4.86. The van der Waals surface area contributed by atoms with Crippen LogP contribution in [0.1, 0.15) is 54.0 Å². The Bertz CT molecular complexity index is 1120. The van der Waals surface area contributed by atoms with Crippen LogP contribution >= 0.6 is 22.9 Å². The number of carbonyl (C=O) groups excluding carboxylic acids is 1. The second-order valence-electron chi connectivity index (χ2n) is 6.78. The van der Waals surface area contributed by atoms with Gasteiger partial charge in [-0.15, -0.1) is 21.5 Å². The van der Waals surface area contributed by atoms with Gasteiger partial charge in [0.05, 0.1) is 25.3 Å². The monoisotopic (exact) mass is 443 g/mol. The van der Waals surface area contributed by atoms with Crippen molar-refractivity contribution in [2.75, 3.05) is 6.61 Å². The fourth-order valence-electron chi connectivity index (χ4n) is 3.51. The molecule has 1 unspecified atom stereocenters. The van der Waals surface area contributed by atoms with Crippen molar-refractivity contribution in [2.24, 2.45) is 10.7 Å². The molecule has 0 amide bonds. The standard InChI is InChI=1S/C21H22ClN5O2S/c1-3-12-9-14-19(13-7-5-6-8-15(13)22)24-16(10-18(28)29-4-2)20-26-25-17(11-23)27(20)21(14)30-12/h5-9,16H,3-4,10-11,23H2,1-2H3. The summed E-state index contributed by atoms with van der Waals surface area (Å²) in [5, 5.41) is 10.2. The minimum Gasteiger partial charge on any atom is -0.466 e. The predicted molar refractivity (Wildman–Crippen MR) is 118 cm³/mol. The van der Waals surface area contributed by atoms with Gasteiger partial charge in [-0.1, -0.05) is 36.7 Å². The molecule has 0 fully saturated rings. The number of aryl methyl sites for hydroxylation is 1. The normalized spacial score (nSPS) is 15.2.